The lowest BCUT2D eigenvalue weighted by atomic mass is 9.89. The van der Waals surface area contributed by atoms with E-state index in [0.717, 1.165) is 16.5 Å². The zero-order chi connectivity index (χ0) is 16.1. The van der Waals surface area contributed by atoms with Crippen molar-refractivity contribution in [1.82, 2.24) is 0 Å². The van der Waals surface area contributed by atoms with Crippen molar-refractivity contribution in [2.45, 2.75) is 31.6 Å². The Bertz CT molecular complexity index is 618. The zero-order valence-corrected chi connectivity index (χ0v) is 14.9. The molecule has 1 saturated heterocycles. The molecule has 1 atom stereocenters. The third-order valence-corrected chi connectivity index (χ3v) is 5.54. The highest BCUT2D eigenvalue weighted by Gasteiger charge is 2.20. The summed E-state index contributed by atoms with van der Waals surface area (Å²) in [6, 6.07) is 16.5. The second-order valence-electron chi connectivity index (χ2n) is 6.54. The minimum atomic E-state index is 0.500. The van der Waals surface area contributed by atoms with Gasteiger partial charge in [0.2, 0.25) is 0 Å². The van der Waals surface area contributed by atoms with E-state index in [-0.39, 0.29) is 0 Å². The second-order valence-corrected chi connectivity index (χ2v) is 7.38. The average molecular weight is 349 g/mol. The van der Waals surface area contributed by atoms with Gasteiger partial charge in [-0.1, -0.05) is 53.5 Å². The number of benzene rings is 2. The van der Waals surface area contributed by atoms with Crippen LogP contribution in [0.3, 0.4) is 0 Å². The Kier molecular flexibility index (Phi) is 5.99. The first-order valence-electron chi connectivity index (χ1n) is 8.55. The fourth-order valence-electron chi connectivity index (χ4n) is 3.55. The van der Waals surface area contributed by atoms with E-state index in [1.165, 1.54) is 50.0 Å². The molecule has 1 aliphatic heterocycles. The Morgan fingerprint density at radius 2 is 1.61 bits per heavy atom. The molecule has 3 rings (SSSR count). The summed E-state index contributed by atoms with van der Waals surface area (Å²) in [5.74, 6) is 0.500. The van der Waals surface area contributed by atoms with Crippen molar-refractivity contribution in [1.29, 1.82) is 0 Å². The number of hydrogen-bond donors (Lipinski definition) is 1. The van der Waals surface area contributed by atoms with Crippen molar-refractivity contribution >= 4 is 23.2 Å². The van der Waals surface area contributed by atoms with Gasteiger partial charge in [-0.05, 0) is 41.7 Å². The number of rotatable bonds is 6. The van der Waals surface area contributed by atoms with Crippen LogP contribution in [0.4, 0.5) is 0 Å². The third kappa shape index (κ3) is 4.73. The normalized spacial score (nSPS) is 16.6. The summed E-state index contributed by atoms with van der Waals surface area (Å²) in [5, 5.41) is 1.68. The highest BCUT2D eigenvalue weighted by atomic mass is 35.5. The molecule has 0 aromatic heterocycles. The second kappa shape index (κ2) is 8.19. The largest absolute Gasteiger partial charge is 0.335 e. The van der Waals surface area contributed by atoms with Crippen LogP contribution in [0.25, 0.3) is 0 Å². The smallest absolute Gasteiger partial charge is 0.0776 e. The molecule has 23 heavy (non-hydrogen) atoms. The molecule has 1 nitrogen and oxygen atoms in total. The summed E-state index contributed by atoms with van der Waals surface area (Å²) < 4.78 is 0. The van der Waals surface area contributed by atoms with Crippen LogP contribution >= 0.6 is 23.2 Å². The molecule has 1 heterocycles. The predicted octanol–water partition coefficient (Wildman–Crippen LogP) is 4.39. The van der Waals surface area contributed by atoms with Gasteiger partial charge in [0, 0.05) is 29.3 Å². The molecule has 122 valence electrons. The van der Waals surface area contributed by atoms with Crippen LogP contribution in [0.5, 0.6) is 0 Å². The van der Waals surface area contributed by atoms with Gasteiger partial charge in [0.05, 0.1) is 19.6 Å². The first-order chi connectivity index (χ1) is 11.2. The van der Waals surface area contributed by atoms with Gasteiger partial charge in [-0.2, -0.15) is 0 Å². The quantitative estimate of drug-likeness (QED) is 0.789. The van der Waals surface area contributed by atoms with Gasteiger partial charge in [-0.15, -0.1) is 0 Å². The van der Waals surface area contributed by atoms with Gasteiger partial charge < -0.3 is 4.90 Å². The summed E-state index contributed by atoms with van der Waals surface area (Å²) in [4.78, 5) is 1.75. The predicted molar refractivity (Wildman–Crippen MR) is 98.8 cm³/mol. The lowest BCUT2D eigenvalue weighted by molar-refractivity contribution is -0.887. The molecule has 0 spiro atoms. The molecular formula is C20H24Cl2N+. The maximum Gasteiger partial charge on any atom is 0.0776 e. The van der Waals surface area contributed by atoms with Crippen molar-refractivity contribution in [3.63, 3.8) is 0 Å². The Morgan fingerprint density at radius 1 is 0.913 bits per heavy atom. The number of halogens is 2. The molecule has 2 aromatic rings. The molecular weight excluding hydrogens is 325 g/mol. The van der Waals surface area contributed by atoms with Crippen LogP contribution in [-0.4, -0.2) is 19.6 Å². The van der Waals surface area contributed by atoms with Gasteiger partial charge in [-0.3, -0.25) is 0 Å². The van der Waals surface area contributed by atoms with Crippen molar-refractivity contribution < 1.29 is 4.90 Å². The number of nitrogens with one attached hydrogen (secondary N) is 1. The molecule has 0 amide bonds. The van der Waals surface area contributed by atoms with Gasteiger partial charge in [0.1, 0.15) is 0 Å². The van der Waals surface area contributed by atoms with Crippen LogP contribution in [0.15, 0.2) is 48.5 Å². The monoisotopic (exact) mass is 348 g/mol. The average Bonchev–Trinajstić information content (AvgIpc) is 3.07. The van der Waals surface area contributed by atoms with Crippen molar-refractivity contribution in [2.24, 2.45) is 0 Å². The van der Waals surface area contributed by atoms with E-state index in [1.54, 1.807) is 4.90 Å². The summed E-state index contributed by atoms with van der Waals surface area (Å²) in [6.45, 7) is 3.91. The minimum absolute atomic E-state index is 0.500. The van der Waals surface area contributed by atoms with Crippen LogP contribution in [0.2, 0.25) is 10.0 Å². The van der Waals surface area contributed by atoms with E-state index in [0.29, 0.717) is 5.92 Å². The van der Waals surface area contributed by atoms with Crippen LogP contribution < -0.4 is 4.90 Å². The van der Waals surface area contributed by atoms with Gasteiger partial charge in [0.15, 0.2) is 0 Å². The van der Waals surface area contributed by atoms with Gasteiger partial charge in [0.25, 0.3) is 0 Å². The van der Waals surface area contributed by atoms with E-state index in [2.05, 4.69) is 24.3 Å². The van der Waals surface area contributed by atoms with Crippen molar-refractivity contribution in [3.8, 4) is 0 Å². The Morgan fingerprint density at radius 3 is 2.30 bits per heavy atom. The molecule has 2 aromatic carbocycles. The highest BCUT2D eigenvalue weighted by molar-refractivity contribution is 6.31. The van der Waals surface area contributed by atoms with Crippen LogP contribution in [0.1, 0.15) is 36.3 Å². The maximum absolute atomic E-state index is 6.38. The molecule has 0 unspecified atom stereocenters. The number of likely N-dealkylation sites (tertiary alicyclic amines) is 1. The lowest BCUT2D eigenvalue weighted by Crippen LogP contribution is -3.10. The fraction of sp³-hybridized carbons (Fsp3) is 0.400. The van der Waals surface area contributed by atoms with Crippen molar-refractivity contribution in [3.05, 3.63) is 69.7 Å². The van der Waals surface area contributed by atoms with Crippen molar-refractivity contribution in [2.75, 3.05) is 19.6 Å². The molecule has 3 heteroatoms. The first-order valence-corrected chi connectivity index (χ1v) is 9.30. The summed E-state index contributed by atoms with van der Waals surface area (Å²) in [5.41, 5.74) is 2.61. The highest BCUT2D eigenvalue weighted by Crippen LogP contribution is 2.28. The van der Waals surface area contributed by atoms with E-state index >= 15 is 0 Å². The van der Waals surface area contributed by atoms with E-state index in [9.17, 15) is 0 Å². The molecule has 0 saturated carbocycles. The van der Waals surface area contributed by atoms with E-state index in [1.807, 2.05) is 24.3 Å². The summed E-state index contributed by atoms with van der Waals surface area (Å²) in [7, 11) is 0. The Hall–Kier alpha value is -1.02. The van der Waals surface area contributed by atoms with Crippen LogP contribution in [-0.2, 0) is 6.42 Å². The molecule has 1 fully saturated rings. The third-order valence-electron chi connectivity index (χ3n) is 4.92. The first kappa shape index (κ1) is 16.8. The maximum atomic E-state index is 6.38. The van der Waals surface area contributed by atoms with E-state index < -0.39 is 0 Å². The summed E-state index contributed by atoms with van der Waals surface area (Å²) >= 11 is 12.4. The lowest BCUT2D eigenvalue weighted by Gasteiger charge is -2.20. The number of hydrogen-bond acceptors (Lipinski definition) is 0. The Balaban J connectivity index is 1.74. The fourth-order valence-corrected chi connectivity index (χ4v) is 3.89. The standard InChI is InChI=1S/C20H23Cl2N/c21-19-9-7-16(8-10-19)17(11-14-23-12-3-4-13-23)15-18-5-1-2-6-20(18)22/h1-2,5-10,17H,3-4,11-15H2/p+1/t17-/m0/s1. The SMILES string of the molecule is Clc1ccc([C@@H](CC[NH+]2CCCC2)Cc2ccccc2Cl)cc1. The molecule has 1 aliphatic rings. The minimum Gasteiger partial charge on any atom is -0.335 e. The van der Waals surface area contributed by atoms with E-state index in [4.69, 9.17) is 23.2 Å². The number of quaternary nitrogens is 1. The molecule has 0 aliphatic carbocycles. The van der Waals surface area contributed by atoms with Crippen LogP contribution in [0, 0.1) is 0 Å². The topological polar surface area (TPSA) is 4.44 Å². The molecule has 0 bridgehead atoms. The molecule has 0 radical (unpaired) electrons. The van der Waals surface area contributed by atoms with Gasteiger partial charge in [-0.25, -0.2) is 0 Å². The van der Waals surface area contributed by atoms with Gasteiger partial charge >= 0.3 is 0 Å². The Labute approximate surface area is 149 Å². The molecule has 1 N–H and O–H groups in total. The summed E-state index contributed by atoms with van der Waals surface area (Å²) in [6.07, 6.45) is 4.95. The zero-order valence-electron chi connectivity index (χ0n) is 13.4.